The Morgan fingerprint density at radius 3 is 2.61 bits per heavy atom. The molecule has 1 aromatic heterocycles. The predicted molar refractivity (Wildman–Crippen MR) is 110 cm³/mol. The van der Waals surface area contributed by atoms with Gasteiger partial charge in [-0.2, -0.15) is 9.78 Å². The number of rotatable bonds is 5. The first-order valence-corrected chi connectivity index (χ1v) is 9.62. The third kappa shape index (κ3) is 4.67. The lowest BCUT2D eigenvalue weighted by Crippen LogP contribution is -2.24. The van der Waals surface area contributed by atoms with E-state index < -0.39 is 11.1 Å². The first-order valence-electron chi connectivity index (χ1n) is 8.74. The van der Waals surface area contributed by atoms with E-state index in [1.165, 1.54) is 40.7 Å². The molecule has 0 spiro atoms. The standard InChI is InChI=1S/C21H20FN3O2S/c1-13-7-8-18(11-14(13)2)25-20(26)10-9-19(24-25)28-15(3)21(27)23-17-6-4-5-16(22)12-17/h4-12,15H,1-3H3,(H,23,27)/t15-/m1/s1. The van der Waals surface area contributed by atoms with Gasteiger partial charge in [0, 0.05) is 11.8 Å². The molecule has 0 bridgehead atoms. The maximum atomic E-state index is 13.3. The number of aromatic nitrogens is 2. The molecule has 1 N–H and O–H groups in total. The van der Waals surface area contributed by atoms with E-state index >= 15 is 0 Å². The average Bonchev–Trinajstić information content (AvgIpc) is 2.65. The third-order valence-electron chi connectivity index (χ3n) is 4.27. The fourth-order valence-electron chi connectivity index (χ4n) is 2.54. The lowest BCUT2D eigenvalue weighted by atomic mass is 10.1. The molecule has 0 fully saturated rings. The van der Waals surface area contributed by atoms with Crippen LogP contribution in [0.5, 0.6) is 0 Å². The Morgan fingerprint density at radius 2 is 1.89 bits per heavy atom. The second-order valence-corrected chi connectivity index (χ2v) is 7.81. The second kappa shape index (κ2) is 8.39. The molecule has 3 aromatic rings. The van der Waals surface area contributed by atoms with Crippen LogP contribution in [0.1, 0.15) is 18.1 Å². The van der Waals surface area contributed by atoms with E-state index in [0.29, 0.717) is 16.4 Å². The van der Waals surface area contributed by atoms with Crippen molar-refractivity contribution in [3.05, 3.63) is 81.9 Å². The number of nitrogens with one attached hydrogen (secondary N) is 1. The van der Waals surface area contributed by atoms with Gasteiger partial charge < -0.3 is 5.32 Å². The van der Waals surface area contributed by atoms with Crippen LogP contribution in [0.4, 0.5) is 10.1 Å². The van der Waals surface area contributed by atoms with Crippen molar-refractivity contribution in [3.63, 3.8) is 0 Å². The SMILES string of the molecule is Cc1ccc(-n2nc(S[C@H](C)C(=O)Nc3cccc(F)c3)ccc2=O)cc1C. The number of halogens is 1. The van der Waals surface area contributed by atoms with Gasteiger partial charge in [-0.3, -0.25) is 9.59 Å². The molecule has 0 saturated carbocycles. The third-order valence-corrected chi connectivity index (χ3v) is 5.30. The molecule has 1 amide bonds. The summed E-state index contributed by atoms with van der Waals surface area (Å²) < 4.78 is 14.6. The molecule has 0 saturated heterocycles. The number of carbonyl (C=O) groups excluding carboxylic acids is 1. The first-order chi connectivity index (χ1) is 13.3. The molecular weight excluding hydrogens is 377 g/mol. The molecule has 2 aromatic carbocycles. The molecule has 28 heavy (non-hydrogen) atoms. The highest BCUT2D eigenvalue weighted by Crippen LogP contribution is 2.22. The normalized spacial score (nSPS) is 11.9. The molecule has 3 rings (SSSR count). The van der Waals surface area contributed by atoms with Gasteiger partial charge in [0.2, 0.25) is 5.91 Å². The Kier molecular flexibility index (Phi) is 5.94. The lowest BCUT2D eigenvalue weighted by molar-refractivity contribution is -0.115. The van der Waals surface area contributed by atoms with Crippen molar-refractivity contribution >= 4 is 23.4 Å². The van der Waals surface area contributed by atoms with Gasteiger partial charge in [0.25, 0.3) is 5.56 Å². The smallest absolute Gasteiger partial charge is 0.271 e. The summed E-state index contributed by atoms with van der Waals surface area (Å²) in [6, 6.07) is 14.4. The van der Waals surface area contributed by atoms with Crippen LogP contribution >= 0.6 is 11.8 Å². The molecule has 144 valence electrons. The first kappa shape index (κ1) is 19.8. The van der Waals surface area contributed by atoms with Crippen molar-refractivity contribution in [2.24, 2.45) is 0 Å². The molecule has 0 aliphatic rings. The number of thioether (sulfide) groups is 1. The number of amides is 1. The predicted octanol–water partition coefficient (Wildman–Crippen LogP) is 4.11. The van der Waals surface area contributed by atoms with Crippen molar-refractivity contribution in [1.82, 2.24) is 9.78 Å². The second-order valence-electron chi connectivity index (χ2n) is 6.45. The van der Waals surface area contributed by atoms with Crippen molar-refractivity contribution in [1.29, 1.82) is 0 Å². The van der Waals surface area contributed by atoms with Crippen molar-refractivity contribution in [3.8, 4) is 5.69 Å². The van der Waals surface area contributed by atoms with E-state index in [9.17, 15) is 14.0 Å². The molecular formula is C21H20FN3O2S. The van der Waals surface area contributed by atoms with Crippen molar-refractivity contribution < 1.29 is 9.18 Å². The Bertz CT molecular complexity index is 1080. The summed E-state index contributed by atoms with van der Waals surface area (Å²) in [6.07, 6.45) is 0. The zero-order chi connectivity index (χ0) is 20.3. The summed E-state index contributed by atoms with van der Waals surface area (Å²) >= 11 is 1.22. The number of aryl methyl sites for hydroxylation is 2. The van der Waals surface area contributed by atoms with Gasteiger partial charge in [0.05, 0.1) is 10.9 Å². The number of hydrogen-bond donors (Lipinski definition) is 1. The van der Waals surface area contributed by atoms with Gasteiger partial charge in [0.15, 0.2) is 0 Å². The van der Waals surface area contributed by atoms with Crippen LogP contribution in [0.3, 0.4) is 0 Å². The van der Waals surface area contributed by atoms with Crippen LogP contribution in [-0.4, -0.2) is 20.9 Å². The number of benzene rings is 2. The Balaban J connectivity index is 1.77. The molecule has 1 atom stereocenters. The number of hydrogen-bond acceptors (Lipinski definition) is 4. The van der Waals surface area contributed by atoms with E-state index in [2.05, 4.69) is 10.4 Å². The Hall–Kier alpha value is -2.93. The van der Waals surface area contributed by atoms with Crippen LogP contribution in [0.2, 0.25) is 0 Å². The summed E-state index contributed by atoms with van der Waals surface area (Å²) in [6.45, 7) is 5.70. The lowest BCUT2D eigenvalue weighted by Gasteiger charge is -2.13. The maximum absolute atomic E-state index is 13.3. The van der Waals surface area contributed by atoms with Gasteiger partial charge in [-0.15, -0.1) is 0 Å². The number of nitrogens with zero attached hydrogens (tertiary/aromatic N) is 2. The fourth-order valence-corrected chi connectivity index (χ4v) is 3.35. The van der Waals surface area contributed by atoms with E-state index in [0.717, 1.165) is 11.1 Å². The maximum Gasteiger partial charge on any atom is 0.271 e. The molecule has 0 radical (unpaired) electrons. The summed E-state index contributed by atoms with van der Waals surface area (Å²) in [4.78, 5) is 24.6. The Morgan fingerprint density at radius 1 is 1.11 bits per heavy atom. The van der Waals surface area contributed by atoms with E-state index in [4.69, 9.17) is 0 Å². The van der Waals surface area contributed by atoms with E-state index in [1.807, 2.05) is 32.0 Å². The van der Waals surface area contributed by atoms with Crippen LogP contribution in [0.25, 0.3) is 5.69 Å². The highest BCUT2D eigenvalue weighted by Gasteiger charge is 2.16. The van der Waals surface area contributed by atoms with Gasteiger partial charge >= 0.3 is 0 Å². The average molecular weight is 397 g/mol. The van der Waals surface area contributed by atoms with Gasteiger partial charge in [-0.1, -0.05) is 23.9 Å². The summed E-state index contributed by atoms with van der Waals surface area (Å²) in [5.41, 5.74) is 3.01. The minimum atomic E-state index is -0.485. The zero-order valence-electron chi connectivity index (χ0n) is 15.8. The summed E-state index contributed by atoms with van der Waals surface area (Å²) in [7, 11) is 0. The highest BCUT2D eigenvalue weighted by molar-refractivity contribution is 8.00. The molecule has 1 heterocycles. The molecule has 0 unspecified atom stereocenters. The number of anilines is 1. The zero-order valence-corrected chi connectivity index (χ0v) is 16.6. The van der Waals surface area contributed by atoms with E-state index in [-0.39, 0.29) is 11.5 Å². The molecule has 7 heteroatoms. The summed E-state index contributed by atoms with van der Waals surface area (Å²) in [5, 5.41) is 7.12. The highest BCUT2D eigenvalue weighted by atomic mass is 32.2. The molecule has 0 aliphatic carbocycles. The van der Waals surface area contributed by atoms with Crippen molar-refractivity contribution in [2.45, 2.75) is 31.0 Å². The minimum Gasteiger partial charge on any atom is -0.325 e. The van der Waals surface area contributed by atoms with Gasteiger partial charge in [-0.25, -0.2) is 4.39 Å². The largest absolute Gasteiger partial charge is 0.325 e. The summed E-state index contributed by atoms with van der Waals surface area (Å²) in [5.74, 6) is -0.693. The van der Waals surface area contributed by atoms with Crippen molar-refractivity contribution in [2.75, 3.05) is 5.32 Å². The Labute approximate surface area is 166 Å². The van der Waals surface area contributed by atoms with E-state index in [1.54, 1.807) is 19.1 Å². The fraction of sp³-hybridized carbons (Fsp3) is 0.190. The van der Waals surface area contributed by atoms with Crippen LogP contribution in [0.15, 0.2) is 64.4 Å². The van der Waals surface area contributed by atoms with Crippen LogP contribution in [-0.2, 0) is 4.79 Å². The van der Waals surface area contributed by atoms with Crippen LogP contribution < -0.4 is 10.9 Å². The molecule has 5 nitrogen and oxygen atoms in total. The van der Waals surface area contributed by atoms with Gasteiger partial charge in [-0.05, 0) is 68.3 Å². The topological polar surface area (TPSA) is 64.0 Å². The number of carbonyl (C=O) groups is 1. The monoisotopic (exact) mass is 397 g/mol. The molecule has 0 aliphatic heterocycles. The van der Waals surface area contributed by atoms with Crippen LogP contribution in [0, 0.1) is 19.7 Å². The van der Waals surface area contributed by atoms with Gasteiger partial charge in [0.1, 0.15) is 10.8 Å². The quantitative estimate of drug-likeness (QED) is 0.658. The minimum absolute atomic E-state index is 0.246.